The van der Waals surface area contributed by atoms with Gasteiger partial charge in [0.1, 0.15) is 11.5 Å². The van der Waals surface area contributed by atoms with Crippen LogP contribution in [0, 0.1) is 0 Å². The van der Waals surface area contributed by atoms with Crippen LogP contribution in [-0.4, -0.2) is 31.4 Å². The summed E-state index contributed by atoms with van der Waals surface area (Å²) in [4.78, 5) is 15.2. The van der Waals surface area contributed by atoms with Gasteiger partial charge in [-0.05, 0) is 82.7 Å². The second-order valence-electron chi connectivity index (χ2n) is 7.49. The van der Waals surface area contributed by atoms with Gasteiger partial charge in [0, 0.05) is 16.3 Å². The molecule has 11 heteroatoms. The van der Waals surface area contributed by atoms with E-state index >= 15 is 0 Å². The average molecular weight is 567 g/mol. The number of hydrogen-bond acceptors (Lipinski definition) is 6. The Hall–Kier alpha value is -2.66. The number of carboxylic acid groups (broad SMARTS) is 1. The molecule has 34 heavy (non-hydrogen) atoms. The molecule has 0 saturated carbocycles. The van der Waals surface area contributed by atoms with Gasteiger partial charge in [0.2, 0.25) is 5.88 Å². The molecule has 2 unspecified atom stereocenters. The van der Waals surface area contributed by atoms with Gasteiger partial charge < -0.3 is 19.1 Å². The van der Waals surface area contributed by atoms with E-state index in [-0.39, 0.29) is 5.88 Å². The number of aliphatic carboxylic acids is 1. The van der Waals surface area contributed by atoms with Gasteiger partial charge in [-0.3, -0.25) is 8.51 Å². The fourth-order valence-corrected chi connectivity index (χ4v) is 5.15. The van der Waals surface area contributed by atoms with E-state index in [1.165, 1.54) is 10.5 Å². The van der Waals surface area contributed by atoms with E-state index in [9.17, 15) is 13.6 Å². The lowest BCUT2D eigenvalue weighted by Gasteiger charge is -2.38. The summed E-state index contributed by atoms with van der Waals surface area (Å²) >= 11 is 6.72. The van der Waals surface area contributed by atoms with Gasteiger partial charge in [0.25, 0.3) is 0 Å². The summed E-state index contributed by atoms with van der Waals surface area (Å²) in [5.41, 5.74) is 1.94. The Bertz CT molecular complexity index is 1230. The molecule has 4 rings (SSSR count). The SMILES string of the molecule is O=C(O)COc1cccc2c1CCCC2N(c1cnc(Oc2ccc(Cl)cc2)c(Br)c1)S(=O)[O-]. The fraction of sp³-hybridized carbons (Fsp3) is 0.217. The molecule has 0 aliphatic heterocycles. The Morgan fingerprint density at radius 1 is 1.29 bits per heavy atom. The fourth-order valence-electron chi connectivity index (χ4n) is 3.90. The van der Waals surface area contributed by atoms with E-state index in [2.05, 4.69) is 20.9 Å². The van der Waals surface area contributed by atoms with E-state index in [1.54, 1.807) is 42.5 Å². The Balaban J connectivity index is 1.64. The van der Waals surface area contributed by atoms with Crippen LogP contribution in [0.5, 0.6) is 17.4 Å². The van der Waals surface area contributed by atoms with E-state index in [1.807, 2.05) is 6.07 Å². The predicted molar refractivity (Wildman–Crippen MR) is 130 cm³/mol. The van der Waals surface area contributed by atoms with Crippen molar-refractivity contribution < 1.29 is 28.1 Å². The number of aromatic nitrogens is 1. The third-order valence-corrected chi connectivity index (χ3v) is 6.91. The predicted octanol–water partition coefficient (Wildman–Crippen LogP) is 5.43. The van der Waals surface area contributed by atoms with Crippen molar-refractivity contribution in [2.45, 2.75) is 25.3 Å². The Morgan fingerprint density at radius 2 is 2.06 bits per heavy atom. The molecule has 0 spiro atoms. The minimum Gasteiger partial charge on any atom is -0.755 e. The van der Waals surface area contributed by atoms with Gasteiger partial charge in [-0.15, -0.1) is 0 Å². The van der Waals surface area contributed by atoms with Gasteiger partial charge in [0.15, 0.2) is 6.61 Å². The van der Waals surface area contributed by atoms with E-state index in [0.29, 0.717) is 45.9 Å². The number of anilines is 1. The zero-order valence-corrected chi connectivity index (χ0v) is 20.8. The molecule has 0 saturated heterocycles. The molecule has 0 fully saturated rings. The maximum atomic E-state index is 12.4. The number of nitrogens with zero attached hydrogens (tertiary/aromatic N) is 2. The maximum Gasteiger partial charge on any atom is 0.341 e. The molecular formula is C23H19BrClN2O6S-. The minimum absolute atomic E-state index is 0.274. The van der Waals surface area contributed by atoms with Crippen LogP contribution in [0.3, 0.4) is 0 Å². The summed E-state index contributed by atoms with van der Waals surface area (Å²) in [7, 11) is 0. The number of hydrogen-bond donors (Lipinski definition) is 1. The van der Waals surface area contributed by atoms with Crippen LogP contribution in [0.15, 0.2) is 59.2 Å². The lowest BCUT2D eigenvalue weighted by molar-refractivity contribution is -0.139. The largest absolute Gasteiger partial charge is 0.755 e. The Morgan fingerprint density at radius 3 is 2.74 bits per heavy atom. The molecule has 1 aromatic heterocycles. The third-order valence-electron chi connectivity index (χ3n) is 5.30. The summed E-state index contributed by atoms with van der Waals surface area (Å²) in [5, 5.41) is 9.53. The highest BCUT2D eigenvalue weighted by molar-refractivity contribution is 9.10. The second kappa shape index (κ2) is 10.7. The summed E-state index contributed by atoms with van der Waals surface area (Å²) in [6, 6.07) is 13.2. The van der Waals surface area contributed by atoms with Crippen LogP contribution in [0.1, 0.15) is 30.0 Å². The summed E-state index contributed by atoms with van der Waals surface area (Å²) in [6.45, 7) is -0.468. The first-order chi connectivity index (χ1) is 16.3. The minimum atomic E-state index is -2.60. The smallest absolute Gasteiger partial charge is 0.341 e. The van der Waals surface area contributed by atoms with Gasteiger partial charge in [-0.2, -0.15) is 0 Å². The van der Waals surface area contributed by atoms with Gasteiger partial charge in [-0.1, -0.05) is 23.7 Å². The van der Waals surface area contributed by atoms with Crippen molar-refractivity contribution in [2.24, 2.45) is 0 Å². The summed E-state index contributed by atoms with van der Waals surface area (Å²) in [5.74, 6) is 0.178. The number of carbonyl (C=O) groups is 1. The van der Waals surface area contributed by atoms with Crippen molar-refractivity contribution in [1.82, 2.24) is 4.98 Å². The number of pyridine rings is 1. The van der Waals surface area contributed by atoms with Crippen molar-refractivity contribution in [2.75, 3.05) is 10.9 Å². The van der Waals surface area contributed by atoms with Crippen LogP contribution in [0.4, 0.5) is 5.69 Å². The highest BCUT2D eigenvalue weighted by Gasteiger charge is 2.30. The first-order valence-electron chi connectivity index (χ1n) is 10.3. The molecule has 2 atom stereocenters. The highest BCUT2D eigenvalue weighted by atomic mass is 79.9. The molecule has 1 heterocycles. The van der Waals surface area contributed by atoms with Crippen molar-refractivity contribution in [3.8, 4) is 17.4 Å². The summed E-state index contributed by atoms with van der Waals surface area (Å²) in [6.07, 6.45) is 3.40. The van der Waals surface area contributed by atoms with Gasteiger partial charge in [-0.25, -0.2) is 9.78 Å². The zero-order valence-electron chi connectivity index (χ0n) is 17.6. The van der Waals surface area contributed by atoms with Crippen LogP contribution in [0.25, 0.3) is 0 Å². The first kappa shape index (κ1) is 24.5. The van der Waals surface area contributed by atoms with Gasteiger partial charge >= 0.3 is 5.97 Å². The lowest BCUT2D eigenvalue weighted by Crippen LogP contribution is -2.33. The molecule has 0 bridgehead atoms. The number of fused-ring (bicyclic) bond motifs is 1. The van der Waals surface area contributed by atoms with Gasteiger partial charge in [0.05, 0.1) is 22.4 Å². The van der Waals surface area contributed by atoms with E-state index in [4.69, 9.17) is 26.2 Å². The van der Waals surface area contributed by atoms with Crippen LogP contribution >= 0.6 is 27.5 Å². The van der Waals surface area contributed by atoms with Crippen molar-refractivity contribution in [3.05, 3.63) is 75.4 Å². The molecule has 1 aliphatic carbocycles. The van der Waals surface area contributed by atoms with Crippen molar-refractivity contribution in [3.63, 3.8) is 0 Å². The number of ether oxygens (including phenoxy) is 2. The molecule has 0 radical (unpaired) electrons. The standard InChI is InChI=1S/C23H20BrClN2O6S/c24-19-11-15(12-26-23(19)33-16-9-7-14(25)8-10-16)27(34(30)31)20-5-1-4-18-17(20)3-2-6-21(18)32-13-22(28)29/h2-3,6-12,20H,1,4-5,13H2,(H,28,29)(H,30,31)/p-1. The monoisotopic (exact) mass is 565 g/mol. The number of benzene rings is 2. The first-order valence-corrected chi connectivity index (χ1v) is 12.5. The molecule has 1 N–H and O–H groups in total. The third kappa shape index (κ3) is 5.52. The summed E-state index contributed by atoms with van der Waals surface area (Å²) < 4.78 is 37.7. The molecule has 3 aromatic rings. The second-order valence-corrected chi connectivity index (χ2v) is 9.61. The molecule has 0 amide bonds. The molecule has 178 valence electrons. The van der Waals surface area contributed by atoms with Crippen LogP contribution in [-0.2, 0) is 22.5 Å². The number of halogens is 2. The van der Waals surface area contributed by atoms with Crippen LogP contribution < -0.4 is 13.8 Å². The van der Waals surface area contributed by atoms with Crippen molar-refractivity contribution in [1.29, 1.82) is 0 Å². The molecular weight excluding hydrogens is 548 g/mol. The van der Waals surface area contributed by atoms with E-state index < -0.39 is 29.9 Å². The maximum absolute atomic E-state index is 12.4. The normalized spacial score (nSPS) is 15.8. The Labute approximate surface area is 212 Å². The Kier molecular flexibility index (Phi) is 7.72. The quantitative estimate of drug-likeness (QED) is 0.362. The van der Waals surface area contributed by atoms with Crippen molar-refractivity contribution >= 4 is 50.5 Å². The molecule has 2 aromatic carbocycles. The molecule has 1 aliphatic rings. The number of carboxylic acids is 1. The van der Waals surface area contributed by atoms with Crippen LogP contribution in [0.2, 0.25) is 5.02 Å². The average Bonchev–Trinajstić information content (AvgIpc) is 2.81. The highest BCUT2D eigenvalue weighted by Crippen LogP contribution is 2.42. The van der Waals surface area contributed by atoms with E-state index in [0.717, 1.165) is 11.1 Å². The number of rotatable bonds is 8. The topological polar surface area (TPSA) is 112 Å². The lowest BCUT2D eigenvalue weighted by atomic mass is 9.87. The zero-order chi connectivity index (χ0) is 24.2. The molecule has 8 nitrogen and oxygen atoms in total.